The molecule has 0 atom stereocenters. The topological polar surface area (TPSA) is 109 Å². The van der Waals surface area contributed by atoms with Gasteiger partial charge in [0.1, 0.15) is 22.8 Å². The number of benzene rings is 2. The number of amides is 1. The summed E-state index contributed by atoms with van der Waals surface area (Å²) in [5.74, 6) is -0.184. The first kappa shape index (κ1) is 17.3. The second kappa shape index (κ2) is 6.79. The number of hydrogen-bond acceptors (Lipinski definition) is 6. The summed E-state index contributed by atoms with van der Waals surface area (Å²) in [6.07, 6.45) is -0.212. The first-order valence-electron chi connectivity index (χ1n) is 7.81. The Morgan fingerprint density at radius 1 is 1.19 bits per heavy atom. The maximum Gasteiger partial charge on any atom is 0.340 e. The first-order valence-corrected chi connectivity index (χ1v) is 7.81. The van der Waals surface area contributed by atoms with E-state index in [0.717, 1.165) is 6.07 Å². The molecule has 0 spiro atoms. The van der Waals surface area contributed by atoms with Crippen LogP contribution in [0.4, 0.5) is 5.69 Å². The summed E-state index contributed by atoms with van der Waals surface area (Å²) in [4.78, 5) is 24.5. The van der Waals surface area contributed by atoms with Gasteiger partial charge in [-0.3, -0.25) is 4.79 Å². The highest BCUT2D eigenvalue weighted by molar-refractivity contribution is 5.94. The van der Waals surface area contributed by atoms with Crippen LogP contribution in [0.1, 0.15) is 11.1 Å². The quantitative estimate of drug-likeness (QED) is 0.621. The fourth-order valence-corrected chi connectivity index (χ4v) is 2.75. The molecule has 0 fully saturated rings. The number of aromatic hydroxyl groups is 2. The van der Waals surface area contributed by atoms with Gasteiger partial charge in [0.05, 0.1) is 24.5 Å². The Morgan fingerprint density at radius 3 is 2.54 bits per heavy atom. The monoisotopic (exact) mass is 355 g/mol. The molecule has 134 valence electrons. The molecule has 1 amide bonds. The normalized spacial score (nSPS) is 10.7. The third kappa shape index (κ3) is 3.32. The van der Waals surface area contributed by atoms with Crippen molar-refractivity contribution >= 4 is 22.6 Å². The lowest BCUT2D eigenvalue weighted by Gasteiger charge is -2.10. The van der Waals surface area contributed by atoms with E-state index < -0.39 is 11.5 Å². The van der Waals surface area contributed by atoms with Crippen LogP contribution in [0.2, 0.25) is 0 Å². The first-order chi connectivity index (χ1) is 12.4. The highest BCUT2D eigenvalue weighted by Gasteiger charge is 2.18. The van der Waals surface area contributed by atoms with Crippen LogP contribution in [0, 0.1) is 6.92 Å². The average molecular weight is 355 g/mol. The van der Waals surface area contributed by atoms with Gasteiger partial charge < -0.3 is 24.7 Å². The highest BCUT2D eigenvalue weighted by atomic mass is 16.5. The standard InChI is InChI=1S/C19H17NO6/c1-10-14(9-17(23)20-11-3-5-13(25-2)6-4-11)19(24)26-16-8-12(21)7-15(22)18(10)16/h3-8,21-22H,9H2,1-2H3,(H,20,23). The van der Waals surface area contributed by atoms with Crippen LogP contribution in [-0.2, 0) is 11.2 Å². The van der Waals surface area contributed by atoms with Crippen LogP contribution < -0.4 is 15.7 Å². The van der Waals surface area contributed by atoms with Gasteiger partial charge in [0, 0.05) is 17.8 Å². The summed E-state index contributed by atoms with van der Waals surface area (Å²) < 4.78 is 10.2. The van der Waals surface area contributed by atoms with Gasteiger partial charge in [-0.05, 0) is 36.8 Å². The lowest BCUT2D eigenvalue weighted by atomic mass is 10.0. The number of carbonyl (C=O) groups excluding carboxylic acids is 1. The Morgan fingerprint density at radius 2 is 1.88 bits per heavy atom. The molecule has 0 radical (unpaired) electrons. The molecule has 0 aliphatic rings. The van der Waals surface area contributed by atoms with E-state index in [2.05, 4.69) is 5.32 Å². The van der Waals surface area contributed by atoms with E-state index in [-0.39, 0.29) is 34.5 Å². The van der Waals surface area contributed by atoms with E-state index in [9.17, 15) is 19.8 Å². The van der Waals surface area contributed by atoms with Crippen LogP contribution in [0.25, 0.3) is 11.0 Å². The van der Waals surface area contributed by atoms with Crippen LogP contribution >= 0.6 is 0 Å². The highest BCUT2D eigenvalue weighted by Crippen LogP contribution is 2.32. The van der Waals surface area contributed by atoms with E-state index in [1.165, 1.54) is 6.07 Å². The number of rotatable bonds is 4. The van der Waals surface area contributed by atoms with Crippen molar-refractivity contribution in [3.05, 3.63) is 57.9 Å². The van der Waals surface area contributed by atoms with Crippen molar-refractivity contribution in [3.8, 4) is 17.2 Å². The second-order valence-electron chi connectivity index (χ2n) is 5.78. The van der Waals surface area contributed by atoms with Crippen molar-refractivity contribution in [2.45, 2.75) is 13.3 Å². The average Bonchev–Trinajstić information content (AvgIpc) is 2.58. The van der Waals surface area contributed by atoms with Crippen molar-refractivity contribution in [2.75, 3.05) is 12.4 Å². The van der Waals surface area contributed by atoms with E-state index in [1.807, 2.05) is 0 Å². The zero-order valence-electron chi connectivity index (χ0n) is 14.2. The second-order valence-corrected chi connectivity index (χ2v) is 5.78. The Balaban J connectivity index is 1.90. The van der Waals surface area contributed by atoms with Crippen LogP contribution in [0.15, 0.2) is 45.6 Å². The van der Waals surface area contributed by atoms with Crippen molar-refractivity contribution in [1.82, 2.24) is 0 Å². The molecule has 0 saturated heterocycles. The SMILES string of the molecule is COc1ccc(NC(=O)Cc2c(C)c3c(O)cc(O)cc3oc2=O)cc1. The largest absolute Gasteiger partial charge is 0.508 e. The fraction of sp³-hybridized carbons (Fsp3) is 0.158. The molecule has 0 aliphatic carbocycles. The van der Waals surface area contributed by atoms with Crippen molar-refractivity contribution < 1.29 is 24.2 Å². The Hall–Kier alpha value is -3.48. The summed E-state index contributed by atoms with van der Waals surface area (Å²) in [5.41, 5.74) is 0.503. The van der Waals surface area contributed by atoms with E-state index in [4.69, 9.17) is 9.15 Å². The minimum Gasteiger partial charge on any atom is -0.508 e. The van der Waals surface area contributed by atoms with Crippen LogP contribution in [-0.4, -0.2) is 23.2 Å². The summed E-state index contributed by atoms with van der Waals surface area (Å²) in [6, 6.07) is 9.16. The zero-order valence-corrected chi connectivity index (χ0v) is 14.2. The molecule has 1 aromatic heterocycles. The van der Waals surface area contributed by atoms with Gasteiger partial charge in [-0.15, -0.1) is 0 Å². The zero-order chi connectivity index (χ0) is 18.8. The maximum atomic E-state index is 12.3. The molecule has 0 aliphatic heterocycles. The molecule has 26 heavy (non-hydrogen) atoms. The number of methoxy groups -OCH3 is 1. The Kier molecular flexibility index (Phi) is 4.53. The van der Waals surface area contributed by atoms with Crippen molar-refractivity contribution in [2.24, 2.45) is 0 Å². The minimum atomic E-state index is -0.690. The molecule has 1 heterocycles. The number of fused-ring (bicyclic) bond motifs is 1. The van der Waals surface area contributed by atoms with Gasteiger partial charge in [-0.1, -0.05) is 0 Å². The molecule has 3 N–H and O–H groups in total. The van der Waals surface area contributed by atoms with Crippen molar-refractivity contribution in [3.63, 3.8) is 0 Å². The molecule has 0 bridgehead atoms. The molecular weight excluding hydrogens is 338 g/mol. The van der Waals surface area contributed by atoms with Gasteiger partial charge in [0.15, 0.2) is 0 Å². The Labute approximate surface area is 148 Å². The van der Waals surface area contributed by atoms with Crippen molar-refractivity contribution in [1.29, 1.82) is 0 Å². The van der Waals surface area contributed by atoms with E-state index >= 15 is 0 Å². The number of ether oxygens (including phenoxy) is 1. The lowest BCUT2D eigenvalue weighted by Crippen LogP contribution is -2.20. The number of anilines is 1. The number of aryl methyl sites for hydroxylation is 1. The maximum absolute atomic E-state index is 12.3. The van der Waals surface area contributed by atoms with Gasteiger partial charge in [0.2, 0.25) is 5.91 Å². The number of hydrogen-bond donors (Lipinski definition) is 3. The van der Waals surface area contributed by atoms with E-state index in [0.29, 0.717) is 17.0 Å². The third-order valence-electron chi connectivity index (χ3n) is 4.05. The molecule has 0 unspecified atom stereocenters. The van der Waals surface area contributed by atoms with Crippen LogP contribution in [0.5, 0.6) is 17.2 Å². The smallest absolute Gasteiger partial charge is 0.340 e. The number of carbonyl (C=O) groups is 1. The number of phenolic OH excluding ortho intramolecular Hbond substituents is 2. The predicted molar refractivity (Wildman–Crippen MR) is 95.9 cm³/mol. The molecule has 0 saturated carbocycles. The molecule has 7 nitrogen and oxygen atoms in total. The molecule has 3 rings (SSSR count). The molecular formula is C19H17NO6. The van der Waals surface area contributed by atoms with Crippen LogP contribution in [0.3, 0.4) is 0 Å². The Bertz CT molecular complexity index is 1040. The number of nitrogens with one attached hydrogen (secondary N) is 1. The lowest BCUT2D eigenvalue weighted by molar-refractivity contribution is -0.115. The summed E-state index contributed by atoms with van der Waals surface area (Å²) in [5, 5.41) is 22.5. The third-order valence-corrected chi connectivity index (χ3v) is 4.05. The summed E-state index contributed by atoms with van der Waals surface area (Å²) >= 11 is 0. The van der Waals surface area contributed by atoms with E-state index in [1.54, 1.807) is 38.3 Å². The summed E-state index contributed by atoms with van der Waals surface area (Å²) in [7, 11) is 1.55. The molecule has 3 aromatic rings. The molecule has 7 heteroatoms. The summed E-state index contributed by atoms with van der Waals surface area (Å²) in [6.45, 7) is 1.62. The number of phenols is 2. The van der Waals surface area contributed by atoms with Gasteiger partial charge in [0.25, 0.3) is 0 Å². The fourth-order valence-electron chi connectivity index (χ4n) is 2.75. The van der Waals surface area contributed by atoms with Gasteiger partial charge in [-0.25, -0.2) is 4.79 Å². The molecule has 2 aromatic carbocycles. The van der Waals surface area contributed by atoms with Gasteiger partial charge >= 0.3 is 5.63 Å². The minimum absolute atomic E-state index is 0.0595. The predicted octanol–water partition coefficient (Wildman–Crippen LogP) is 2.70. The van der Waals surface area contributed by atoms with Gasteiger partial charge in [-0.2, -0.15) is 0 Å².